The minimum absolute atomic E-state index is 0.224. The van der Waals surface area contributed by atoms with E-state index in [2.05, 4.69) is 270 Å². The molecule has 0 fully saturated rings. The van der Waals surface area contributed by atoms with Gasteiger partial charge in [-0.3, -0.25) is 0 Å². The maximum atomic E-state index is 2.53. The normalized spacial score (nSPS) is 14.0. The van der Waals surface area contributed by atoms with Crippen molar-refractivity contribution < 1.29 is 0 Å². The second-order valence-electron chi connectivity index (χ2n) is 20.9. The molecule has 14 rings (SSSR count). The number of hydrogen-bond donors (Lipinski definition) is 0. The summed E-state index contributed by atoms with van der Waals surface area (Å²) in [5, 5.41) is 6.68. The molecule has 1 heterocycles. The highest BCUT2D eigenvalue weighted by atomic mass is 32.1. The summed E-state index contributed by atoms with van der Waals surface area (Å²) in [6.45, 7) is 7.27. The summed E-state index contributed by atoms with van der Waals surface area (Å²) in [5.74, 6) is 0. The minimum Gasteiger partial charge on any atom is -0.134 e. The van der Waals surface area contributed by atoms with Gasteiger partial charge in [-0.05, 0) is 136 Å². The van der Waals surface area contributed by atoms with Crippen molar-refractivity contribution in [2.45, 2.75) is 38.0 Å². The average molecular weight is 949 g/mol. The molecule has 2 aliphatic carbocycles. The molecule has 0 unspecified atom stereocenters. The fraction of sp³-hybridized carbons (Fsp3) is 0.0833. The number of rotatable bonds is 7. The van der Waals surface area contributed by atoms with Crippen molar-refractivity contribution in [3.05, 3.63) is 287 Å². The lowest BCUT2D eigenvalue weighted by Crippen LogP contribution is -2.26. The van der Waals surface area contributed by atoms with E-state index < -0.39 is 5.41 Å². The zero-order valence-corrected chi connectivity index (χ0v) is 42.1. The molecule has 0 nitrogen and oxygen atoms in total. The Labute approximate surface area is 432 Å². The van der Waals surface area contributed by atoms with Crippen molar-refractivity contribution in [1.82, 2.24) is 0 Å². The Hall–Kier alpha value is -8.36. The van der Waals surface area contributed by atoms with Crippen molar-refractivity contribution in [3.8, 4) is 54.9 Å². The Morgan fingerprint density at radius 2 is 0.877 bits per heavy atom. The monoisotopic (exact) mass is 948 g/mol. The van der Waals surface area contributed by atoms with Gasteiger partial charge in [-0.1, -0.05) is 250 Å². The van der Waals surface area contributed by atoms with E-state index in [-0.39, 0.29) is 5.41 Å². The van der Waals surface area contributed by atoms with Gasteiger partial charge in [0.15, 0.2) is 0 Å². The Morgan fingerprint density at radius 1 is 0.411 bits per heavy atom. The van der Waals surface area contributed by atoms with Crippen LogP contribution in [0.5, 0.6) is 0 Å². The van der Waals surface area contributed by atoms with Crippen LogP contribution in [0.2, 0.25) is 0 Å². The lowest BCUT2D eigenvalue weighted by molar-refractivity contribution is 0.649. The smallest absolute Gasteiger partial charge is 0.0440 e. The molecule has 0 saturated carbocycles. The maximum absolute atomic E-state index is 2.53. The third-order valence-electron chi connectivity index (χ3n) is 16.5. The summed E-state index contributed by atoms with van der Waals surface area (Å²) in [5.41, 5.74) is 22.8. The van der Waals surface area contributed by atoms with Crippen molar-refractivity contribution in [1.29, 1.82) is 0 Å². The van der Waals surface area contributed by atoms with Crippen molar-refractivity contribution in [2.24, 2.45) is 0 Å². The SMILES string of the molecule is CC1(C)c2cc(-c3ccc4c(c3)-c3sc5c6ccccc6c6ccccc6c5c3/C(=C\c3ccccc3)C4)ccc2-c2ccc(C(C)(c3ccc(-c4ccccc4)cc3)c3ccc(-c4ccccc4)cc3)cc21. The second-order valence-corrected chi connectivity index (χ2v) is 21.9. The van der Waals surface area contributed by atoms with Gasteiger partial charge in [0.05, 0.1) is 0 Å². The van der Waals surface area contributed by atoms with E-state index in [1.54, 1.807) is 0 Å². The van der Waals surface area contributed by atoms with E-state index in [1.807, 2.05) is 11.3 Å². The first kappa shape index (κ1) is 43.4. The summed E-state index contributed by atoms with van der Waals surface area (Å²) in [4.78, 5) is 1.37. The van der Waals surface area contributed by atoms with Gasteiger partial charge in [-0.2, -0.15) is 0 Å². The first-order valence-corrected chi connectivity index (χ1v) is 26.5. The summed E-state index contributed by atoms with van der Waals surface area (Å²) in [7, 11) is 0. The Bertz CT molecular complexity index is 4070. The van der Waals surface area contributed by atoms with Crippen LogP contribution in [0.25, 0.3) is 98.2 Å². The van der Waals surface area contributed by atoms with Crippen LogP contribution in [0, 0.1) is 0 Å². The number of thiophene rings is 1. The van der Waals surface area contributed by atoms with Gasteiger partial charge in [0.1, 0.15) is 0 Å². The highest BCUT2D eigenvalue weighted by molar-refractivity contribution is 7.24. The van der Waals surface area contributed by atoms with Crippen LogP contribution in [0.3, 0.4) is 0 Å². The maximum Gasteiger partial charge on any atom is 0.0440 e. The molecule has 0 amide bonds. The van der Waals surface area contributed by atoms with Gasteiger partial charge in [-0.25, -0.2) is 0 Å². The Morgan fingerprint density at radius 3 is 1.51 bits per heavy atom. The number of fused-ring (bicyclic) bond motifs is 13. The number of allylic oxidation sites excluding steroid dienone is 1. The molecule has 346 valence electrons. The van der Waals surface area contributed by atoms with Crippen LogP contribution in [0.1, 0.15) is 65.3 Å². The predicted molar refractivity (Wildman–Crippen MR) is 313 cm³/mol. The van der Waals surface area contributed by atoms with Crippen LogP contribution in [-0.2, 0) is 17.3 Å². The number of benzene rings is 11. The molecule has 0 spiro atoms. The quantitative estimate of drug-likeness (QED) is 0.110. The van der Waals surface area contributed by atoms with E-state index in [4.69, 9.17) is 0 Å². The highest BCUT2D eigenvalue weighted by Crippen LogP contribution is 2.55. The predicted octanol–water partition coefficient (Wildman–Crippen LogP) is 19.6. The van der Waals surface area contributed by atoms with Gasteiger partial charge < -0.3 is 0 Å². The molecular weight excluding hydrogens is 897 g/mol. The highest BCUT2D eigenvalue weighted by Gasteiger charge is 2.39. The van der Waals surface area contributed by atoms with E-state index in [9.17, 15) is 0 Å². The minimum atomic E-state index is -0.418. The summed E-state index contributed by atoms with van der Waals surface area (Å²) in [6.07, 6.45) is 3.32. The van der Waals surface area contributed by atoms with Gasteiger partial charge in [-0.15, -0.1) is 11.3 Å². The Kier molecular flexibility index (Phi) is 10.0. The molecule has 11 aromatic carbocycles. The molecule has 0 N–H and O–H groups in total. The van der Waals surface area contributed by atoms with E-state index in [0.717, 1.165) is 6.42 Å². The standard InChI is InChI=1S/C72H52S/c1-71(2)65-44-52(51-27-28-53-42-54(41-46-17-7-4-8-18-46)67-68-62-25-15-13-23-58(62)59-24-14-16-26-63(59)69(68)73-70(67)64(53)43-51)33-39-60(65)61-40-38-57(45-66(61)71)72(3,55-34-29-49(30-35-55)47-19-9-5-10-20-47)56-36-31-50(32-37-56)48-21-11-6-12-22-48/h4-41,43-45H,42H2,1-3H3/b54-41-. The van der Waals surface area contributed by atoms with Crippen LogP contribution in [0.4, 0.5) is 0 Å². The van der Waals surface area contributed by atoms with E-state index in [0.29, 0.717) is 0 Å². The van der Waals surface area contributed by atoms with Crippen LogP contribution >= 0.6 is 11.3 Å². The second kappa shape index (κ2) is 16.9. The Balaban J connectivity index is 0.872. The lowest BCUT2D eigenvalue weighted by Gasteiger charge is -2.34. The van der Waals surface area contributed by atoms with Gasteiger partial charge in [0, 0.05) is 36.7 Å². The van der Waals surface area contributed by atoms with Gasteiger partial charge in [0.25, 0.3) is 0 Å². The first-order chi connectivity index (χ1) is 35.8. The summed E-state index contributed by atoms with van der Waals surface area (Å²) >= 11 is 1.97. The molecular formula is C72H52S. The molecule has 12 aromatic rings. The van der Waals surface area contributed by atoms with Crippen LogP contribution in [0.15, 0.2) is 243 Å². The number of hydrogen-bond acceptors (Lipinski definition) is 1. The molecule has 0 atom stereocenters. The summed E-state index contributed by atoms with van der Waals surface area (Å²) in [6, 6.07) is 90.7. The molecule has 0 saturated heterocycles. The molecule has 0 bridgehead atoms. The third kappa shape index (κ3) is 6.94. The molecule has 2 aliphatic rings. The van der Waals surface area contributed by atoms with Crippen LogP contribution < -0.4 is 0 Å². The topological polar surface area (TPSA) is 0 Å². The van der Waals surface area contributed by atoms with Crippen LogP contribution in [-0.4, -0.2) is 0 Å². The first-order valence-electron chi connectivity index (χ1n) is 25.7. The fourth-order valence-electron chi connectivity index (χ4n) is 12.5. The molecule has 1 aromatic heterocycles. The van der Waals surface area contributed by atoms with Gasteiger partial charge in [0.2, 0.25) is 0 Å². The third-order valence-corrected chi connectivity index (χ3v) is 17.7. The zero-order chi connectivity index (χ0) is 48.8. The summed E-state index contributed by atoms with van der Waals surface area (Å²) < 4.78 is 1.37. The van der Waals surface area contributed by atoms with E-state index >= 15 is 0 Å². The van der Waals surface area contributed by atoms with Crippen molar-refractivity contribution in [3.63, 3.8) is 0 Å². The van der Waals surface area contributed by atoms with Crippen molar-refractivity contribution in [2.75, 3.05) is 0 Å². The average Bonchev–Trinajstić information content (AvgIpc) is 3.99. The molecule has 1 heteroatoms. The lowest BCUT2D eigenvalue weighted by atomic mass is 9.69. The zero-order valence-electron chi connectivity index (χ0n) is 41.3. The largest absolute Gasteiger partial charge is 0.134 e. The fourth-order valence-corrected chi connectivity index (χ4v) is 13.9. The molecule has 0 radical (unpaired) electrons. The molecule has 73 heavy (non-hydrogen) atoms. The van der Waals surface area contributed by atoms with E-state index in [1.165, 1.54) is 137 Å². The van der Waals surface area contributed by atoms with Crippen molar-refractivity contribution >= 4 is 54.6 Å². The molecule has 0 aliphatic heterocycles. The van der Waals surface area contributed by atoms with Gasteiger partial charge >= 0.3 is 0 Å².